The highest BCUT2D eigenvalue weighted by atomic mass is 35.5. The SMILES string of the molecule is Cc1nc(OCc2ccccc2Cl)ccc1CO. The first-order valence-corrected chi connectivity index (χ1v) is 6.02. The van der Waals surface area contributed by atoms with Gasteiger partial charge in [-0.25, -0.2) is 4.98 Å². The number of aliphatic hydroxyl groups excluding tert-OH is 1. The Hall–Kier alpha value is -1.58. The van der Waals surface area contributed by atoms with Gasteiger partial charge in [-0.2, -0.15) is 0 Å². The quantitative estimate of drug-likeness (QED) is 0.922. The molecule has 2 rings (SSSR count). The highest BCUT2D eigenvalue weighted by Gasteiger charge is 2.03. The van der Waals surface area contributed by atoms with E-state index in [1.807, 2.05) is 37.3 Å². The number of rotatable bonds is 4. The molecule has 0 fully saturated rings. The summed E-state index contributed by atoms with van der Waals surface area (Å²) in [6.45, 7) is 2.21. The normalized spacial score (nSPS) is 10.4. The molecule has 2 aromatic rings. The monoisotopic (exact) mass is 263 g/mol. The molecule has 1 aromatic heterocycles. The molecule has 1 aromatic carbocycles. The third kappa shape index (κ3) is 3.00. The van der Waals surface area contributed by atoms with E-state index in [2.05, 4.69) is 4.98 Å². The molecule has 0 radical (unpaired) electrons. The number of ether oxygens (including phenoxy) is 1. The summed E-state index contributed by atoms with van der Waals surface area (Å²) < 4.78 is 5.58. The fraction of sp³-hybridized carbons (Fsp3) is 0.214. The molecule has 1 heterocycles. The lowest BCUT2D eigenvalue weighted by atomic mass is 10.2. The fourth-order valence-corrected chi connectivity index (χ4v) is 1.77. The van der Waals surface area contributed by atoms with Gasteiger partial charge in [-0.1, -0.05) is 29.8 Å². The topological polar surface area (TPSA) is 42.4 Å². The molecule has 1 N–H and O–H groups in total. The van der Waals surface area contributed by atoms with Gasteiger partial charge in [0.2, 0.25) is 5.88 Å². The molecule has 0 unspecified atom stereocenters. The van der Waals surface area contributed by atoms with Crippen molar-refractivity contribution in [2.24, 2.45) is 0 Å². The molecule has 4 heteroatoms. The Morgan fingerprint density at radius 2 is 1.94 bits per heavy atom. The Kier molecular flexibility index (Phi) is 4.18. The molecule has 0 saturated carbocycles. The van der Waals surface area contributed by atoms with Crippen LogP contribution in [0.25, 0.3) is 0 Å². The number of aryl methyl sites for hydroxylation is 1. The van der Waals surface area contributed by atoms with Crippen LogP contribution in [0, 0.1) is 6.92 Å². The highest BCUT2D eigenvalue weighted by Crippen LogP contribution is 2.18. The van der Waals surface area contributed by atoms with E-state index in [4.69, 9.17) is 21.4 Å². The summed E-state index contributed by atoms with van der Waals surface area (Å²) in [4.78, 5) is 4.26. The second kappa shape index (κ2) is 5.85. The lowest BCUT2D eigenvalue weighted by Gasteiger charge is -2.08. The average molecular weight is 264 g/mol. The molecule has 0 saturated heterocycles. The second-order valence-electron chi connectivity index (χ2n) is 3.93. The third-order valence-electron chi connectivity index (χ3n) is 2.67. The summed E-state index contributed by atoms with van der Waals surface area (Å²) >= 11 is 6.04. The van der Waals surface area contributed by atoms with E-state index in [9.17, 15) is 0 Å². The van der Waals surface area contributed by atoms with Gasteiger partial charge in [0.05, 0.1) is 6.61 Å². The summed E-state index contributed by atoms with van der Waals surface area (Å²) in [5.41, 5.74) is 2.50. The van der Waals surface area contributed by atoms with Crippen molar-refractivity contribution in [1.29, 1.82) is 0 Å². The average Bonchev–Trinajstić information content (AvgIpc) is 2.38. The summed E-state index contributed by atoms with van der Waals surface area (Å²) in [7, 11) is 0. The van der Waals surface area contributed by atoms with E-state index in [1.165, 1.54) is 0 Å². The molecule has 3 nitrogen and oxygen atoms in total. The van der Waals surface area contributed by atoms with Gasteiger partial charge in [-0.15, -0.1) is 0 Å². The molecule has 0 aliphatic carbocycles. The van der Waals surface area contributed by atoms with Crippen molar-refractivity contribution in [3.63, 3.8) is 0 Å². The van der Waals surface area contributed by atoms with E-state index >= 15 is 0 Å². The predicted molar refractivity (Wildman–Crippen MR) is 70.7 cm³/mol. The summed E-state index contributed by atoms with van der Waals surface area (Å²) in [6, 6.07) is 11.1. The van der Waals surface area contributed by atoms with E-state index in [1.54, 1.807) is 6.07 Å². The number of aromatic nitrogens is 1. The lowest BCUT2D eigenvalue weighted by Crippen LogP contribution is -2.00. The largest absolute Gasteiger partial charge is 0.473 e. The molecule has 18 heavy (non-hydrogen) atoms. The first-order chi connectivity index (χ1) is 8.70. The minimum atomic E-state index is -0.0103. The van der Waals surface area contributed by atoms with E-state index in [0.717, 1.165) is 16.8 Å². The van der Waals surface area contributed by atoms with Crippen LogP contribution in [0.15, 0.2) is 36.4 Å². The van der Waals surface area contributed by atoms with Crippen molar-refractivity contribution in [3.8, 4) is 5.88 Å². The van der Waals surface area contributed by atoms with Crippen LogP contribution < -0.4 is 4.74 Å². The summed E-state index contributed by atoms with van der Waals surface area (Å²) in [5.74, 6) is 0.532. The Morgan fingerprint density at radius 3 is 2.61 bits per heavy atom. The van der Waals surface area contributed by atoms with Crippen molar-refractivity contribution in [3.05, 3.63) is 58.2 Å². The maximum absolute atomic E-state index is 9.06. The number of nitrogens with zero attached hydrogens (tertiary/aromatic N) is 1. The van der Waals surface area contributed by atoms with Crippen LogP contribution in [0.5, 0.6) is 5.88 Å². The number of hydrogen-bond acceptors (Lipinski definition) is 3. The Labute approximate surface area is 111 Å². The number of benzene rings is 1. The van der Waals surface area contributed by atoms with Crippen LogP contribution in [-0.2, 0) is 13.2 Å². The zero-order valence-electron chi connectivity index (χ0n) is 10.1. The number of hydrogen-bond donors (Lipinski definition) is 1. The van der Waals surface area contributed by atoms with Crippen molar-refractivity contribution in [2.75, 3.05) is 0 Å². The highest BCUT2D eigenvalue weighted by molar-refractivity contribution is 6.31. The van der Waals surface area contributed by atoms with E-state index < -0.39 is 0 Å². The molecule has 0 spiro atoms. The zero-order chi connectivity index (χ0) is 13.0. The third-order valence-corrected chi connectivity index (χ3v) is 3.04. The van der Waals surface area contributed by atoms with Gasteiger partial charge < -0.3 is 9.84 Å². The Balaban J connectivity index is 2.07. The smallest absolute Gasteiger partial charge is 0.213 e. The molecule has 0 aliphatic rings. The fourth-order valence-electron chi connectivity index (χ4n) is 1.58. The van der Waals surface area contributed by atoms with E-state index in [0.29, 0.717) is 17.5 Å². The molecule has 0 bridgehead atoms. The first kappa shape index (κ1) is 12.9. The molecule has 0 atom stereocenters. The summed E-state index contributed by atoms with van der Waals surface area (Å²) in [5, 5.41) is 9.74. The van der Waals surface area contributed by atoms with Crippen LogP contribution in [-0.4, -0.2) is 10.1 Å². The number of halogens is 1. The Morgan fingerprint density at radius 1 is 1.17 bits per heavy atom. The standard InChI is InChI=1S/C14H14ClNO2/c1-10-11(8-17)6-7-14(16-10)18-9-12-4-2-3-5-13(12)15/h2-7,17H,8-9H2,1H3. The Bertz CT molecular complexity index is 543. The van der Waals surface area contributed by atoms with Gasteiger partial charge in [-0.3, -0.25) is 0 Å². The van der Waals surface area contributed by atoms with E-state index in [-0.39, 0.29) is 6.61 Å². The van der Waals surface area contributed by atoms with Crippen LogP contribution in [0.1, 0.15) is 16.8 Å². The number of aliphatic hydroxyl groups is 1. The van der Waals surface area contributed by atoms with Gasteiger partial charge in [0.15, 0.2) is 0 Å². The van der Waals surface area contributed by atoms with Crippen LogP contribution in [0.3, 0.4) is 0 Å². The molecule has 94 valence electrons. The van der Waals surface area contributed by atoms with Crippen molar-refractivity contribution in [1.82, 2.24) is 4.98 Å². The van der Waals surface area contributed by atoms with Crippen LogP contribution in [0.4, 0.5) is 0 Å². The molecule has 0 amide bonds. The number of pyridine rings is 1. The van der Waals surface area contributed by atoms with Crippen molar-refractivity contribution >= 4 is 11.6 Å². The second-order valence-corrected chi connectivity index (χ2v) is 4.34. The van der Waals surface area contributed by atoms with Gasteiger partial charge in [0.25, 0.3) is 0 Å². The molecular formula is C14H14ClNO2. The van der Waals surface area contributed by atoms with Gasteiger partial charge in [0.1, 0.15) is 6.61 Å². The van der Waals surface area contributed by atoms with Gasteiger partial charge >= 0.3 is 0 Å². The molecule has 0 aliphatic heterocycles. The zero-order valence-corrected chi connectivity index (χ0v) is 10.8. The van der Waals surface area contributed by atoms with Crippen LogP contribution in [0.2, 0.25) is 5.02 Å². The summed E-state index contributed by atoms with van der Waals surface area (Å²) in [6.07, 6.45) is 0. The minimum absolute atomic E-state index is 0.0103. The lowest BCUT2D eigenvalue weighted by molar-refractivity contribution is 0.276. The molecular weight excluding hydrogens is 250 g/mol. The minimum Gasteiger partial charge on any atom is -0.473 e. The van der Waals surface area contributed by atoms with Gasteiger partial charge in [0, 0.05) is 22.3 Å². The maximum Gasteiger partial charge on any atom is 0.213 e. The van der Waals surface area contributed by atoms with Crippen LogP contribution >= 0.6 is 11.6 Å². The maximum atomic E-state index is 9.06. The van der Waals surface area contributed by atoms with Crippen molar-refractivity contribution < 1.29 is 9.84 Å². The van der Waals surface area contributed by atoms with Crippen molar-refractivity contribution in [2.45, 2.75) is 20.1 Å². The first-order valence-electron chi connectivity index (χ1n) is 5.64. The predicted octanol–water partition coefficient (Wildman–Crippen LogP) is 3.11. The van der Waals surface area contributed by atoms with Gasteiger partial charge in [-0.05, 0) is 24.6 Å².